The Hall–Kier alpha value is -1.65. The van der Waals surface area contributed by atoms with E-state index in [9.17, 15) is 14.4 Å². The first-order valence-corrected chi connectivity index (χ1v) is 3.82. The average Bonchev–Trinajstić information content (AvgIpc) is 2.28. The molecule has 1 saturated heterocycles. The summed E-state index contributed by atoms with van der Waals surface area (Å²) in [6.07, 6.45) is 0.0466. The van der Waals surface area contributed by atoms with Gasteiger partial charge in [0.2, 0.25) is 11.8 Å². The van der Waals surface area contributed by atoms with Crippen molar-refractivity contribution in [1.29, 1.82) is 0 Å². The number of hydrogen-bond donors (Lipinski definition) is 2. The quantitative estimate of drug-likeness (QED) is 0.421. The van der Waals surface area contributed by atoms with E-state index in [1.54, 1.807) is 6.92 Å². The molecule has 0 radical (unpaired) electrons. The maximum Gasteiger partial charge on any atom is 0.256 e. The van der Waals surface area contributed by atoms with E-state index in [1.165, 1.54) is 6.92 Å². The molecule has 5 heteroatoms. The standard InChI is InChI=1S/C8H10N2O3/c1-4(9-5(2)11)6-3-7(12)10-8(6)13/h3H2,1-2H3,(H,9,11)(H,10,12,13)/b6-4+. The van der Waals surface area contributed by atoms with E-state index >= 15 is 0 Å². The lowest BCUT2D eigenvalue weighted by Crippen LogP contribution is -2.23. The largest absolute Gasteiger partial charge is 0.330 e. The molecule has 0 spiro atoms. The number of rotatable bonds is 1. The van der Waals surface area contributed by atoms with Crippen molar-refractivity contribution in [1.82, 2.24) is 10.6 Å². The van der Waals surface area contributed by atoms with Gasteiger partial charge in [-0.25, -0.2) is 0 Å². The summed E-state index contributed by atoms with van der Waals surface area (Å²) in [4.78, 5) is 32.5. The predicted octanol–water partition coefficient (Wildman–Crippen LogP) is -0.557. The van der Waals surface area contributed by atoms with Crippen LogP contribution in [0.5, 0.6) is 0 Å². The van der Waals surface area contributed by atoms with Crippen molar-refractivity contribution >= 4 is 17.7 Å². The molecule has 0 aromatic carbocycles. The number of carbonyl (C=O) groups excluding carboxylic acids is 3. The average molecular weight is 182 g/mol. The first-order chi connectivity index (χ1) is 6.00. The topological polar surface area (TPSA) is 75.3 Å². The van der Waals surface area contributed by atoms with Crippen molar-refractivity contribution in [2.24, 2.45) is 0 Å². The number of amides is 3. The van der Waals surface area contributed by atoms with Gasteiger partial charge < -0.3 is 5.32 Å². The summed E-state index contributed by atoms with van der Waals surface area (Å²) >= 11 is 0. The fourth-order valence-electron chi connectivity index (χ4n) is 1.13. The summed E-state index contributed by atoms with van der Waals surface area (Å²) in [6.45, 7) is 2.94. The molecule has 3 amide bonds. The highest BCUT2D eigenvalue weighted by Gasteiger charge is 2.25. The zero-order chi connectivity index (χ0) is 10.0. The molecule has 1 fully saturated rings. The smallest absolute Gasteiger partial charge is 0.256 e. The minimum absolute atomic E-state index is 0.0466. The summed E-state index contributed by atoms with van der Waals surface area (Å²) in [6, 6.07) is 0. The molecule has 2 N–H and O–H groups in total. The molecule has 0 saturated carbocycles. The van der Waals surface area contributed by atoms with Gasteiger partial charge in [0.15, 0.2) is 0 Å². The lowest BCUT2D eigenvalue weighted by atomic mass is 10.2. The molecular weight excluding hydrogens is 172 g/mol. The summed E-state index contributed by atoms with van der Waals surface area (Å²) in [7, 11) is 0. The van der Waals surface area contributed by atoms with Crippen LogP contribution in [0, 0.1) is 0 Å². The molecule has 13 heavy (non-hydrogen) atoms. The molecule has 0 aromatic heterocycles. The lowest BCUT2D eigenvalue weighted by molar-refractivity contribution is -0.124. The Morgan fingerprint density at radius 3 is 2.38 bits per heavy atom. The van der Waals surface area contributed by atoms with Gasteiger partial charge in [-0.3, -0.25) is 19.7 Å². The van der Waals surface area contributed by atoms with Crippen molar-refractivity contribution in [3.05, 3.63) is 11.3 Å². The Kier molecular flexibility index (Phi) is 2.46. The van der Waals surface area contributed by atoms with Crippen LogP contribution >= 0.6 is 0 Å². The summed E-state index contributed by atoms with van der Waals surface area (Å²) in [5, 5.41) is 4.60. The van der Waals surface area contributed by atoms with Gasteiger partial charge in [-0.05, 0) is 6.92 Å². The van der Waals surface area contributed by atoms with Crippen LogP contribution in [-0.4, -0.2) is 17.7 Å². The third kappa shape index (κ3) is 2.14. The molecule has 0 bridgehead atoms. The highest BCUT2D eigenvalue weighted by atomic mass is 16.2. The fourth-order valence-corrected chi connectivity index (χ4v) is 1.13. The van der Waals surface area contributed by atoms with Gasteiger partial charge in [-0.15, -0.1) is 0 Å². The minimum atomic E-state index is -0.420. The van der Waals surface area contributed by atoms with E-state index in [1.807, 2.05) is 0 Å². The molecule has 1 aliphatic heterocycles. The number of hydrogen-bond acceptors (Lipinski definition) is 3. The van der Waals surface area contributed by atoms with Gasteiger partial charge in [0.05, 0.1) is 6.42 Å². The molecular formula is C8H10N2O3. The minimum Gasteiger partial charge on any atom is -0.330 e. The van der Waals surface area contributed by atoms with Crippen LogP contribution in [0.4, 0.5) is 0 Å². The van der Waals surface area contributed by atoms with Crippen LogP contribution in [0.1, 0.15) is 20.3 Å². The molecule has 0 aliphatic carbocycles. The first-order valence-electron chi connectivity index (χ1n) is 3.82. The SMILES string of the molecule is CC(=O)N/C(C)=C1\CC(=O)NC1=O. The van der Waals surface area contributed by atoms with Gasteiger partial charge in [-0.1, -0.05) is 0 Å². The Bertz CT molecular complexity index is 317. The van der Waals surface area contributed by atoms with Gasteiger partial charge in [0.25, 0.3) is 5.91 Å². The highest BCUT2D eigenvalue weighted by molar-refractivity contribution is 6.13. The van der Waals surface area contributed by atoms with Crippen LogP contribution in [0.2, 0.25) is 0 Å². The molecule has 0 aromatic rings. The number of nitrogens with one attached hydrogen (secondary N) is 2. The maximum absolute atomic E-state index is 11.1. The van der Waals surface area contributed by atoms with E-state index in [2.05, 4.69) is 10.6 Å². The molecule has 0 atom stereocenters. The number of carbonyl (C=O) groups is 3. The predicted molar refractivity (Wildman–Crippen MR) is 44.3 cm³/mol. The van der Waals surface area contributed by atoms with Crippen LogP contribution in [0.3, 0.4) is 0 Å². The van der Waals surface area contributed by atoms with Crippen LogP contribution in [-0.2, 0) is 14.4 Å². The van der Waals surface area contributed by atoms with Crippen molar-refractivity contribution in [3.8, 4) is 0 Å². The maximum atomic E-state index is 11.1. The van der Waals surface area contributed by atoms with E-state index in [-0.39, 0.29) is 18.2 Å². The summed E-state index contributed by atoms with van der Waals surface area (Å²) in [5.74, 6) is -1.00. The second-order valence-corrected chi connectivity index (χ2v) is 2.84. The second-order valence-electron chi connectivity index (χ2n) is 2.84. The summed E-state index contributed by atoms with van der Waals surface area (Å²) in [5.41, 5.74) is 0.774. The normalized spacial score (nSPS) is 19.8. The molecule has 1 heterocycles. The summed E-state index contributed by atoms with van der Waals surface area (Å²) < 4.78 is 0. The molecule has 70 valence electrons. The monoisotopic (exact) mass is 182 g/mol. The van der Waals surface area contributed by atoms with Gasteiger partial charge >= 0.3 is 0 Å². The number of allylic oxidation sites excluding steroid dienone is 1. The van der Waals surface area contributed by atoms with E-state index in [0.29, 0.717) is 11.3 Å². The third-order valence-electron chi connectivity index (χ3n) is 1.68. The number of imide groups is 1. The Morgan fingerprint density at radius 1 is 1.38 bits per heavy atom. The highest BCUT2D eigenvalue weighted by Crippen LogP contribution is 2.12. The molecule has 5 nitrogen and oxygen atoms in total. The van der Waals surface area contributed by atoms with Gasteiger partial charge in [0.1, 0.15) is 0 Å². The Balaban J connectivity index is 2.85. The van der Waals surface area contributed by atoms with Gasteiger partial charge in [0, 0.05) is 18.2 Å². The third-order valence-corrected chi connectivity index (χ3v) is 1.68. The van der Waals surface area contributed by atoms with Crippen molar-refractivity contribution in [2.45, 2.75) is 20.3 Å². The van der Waals surface area contributed by atoms with E-state index in [4.69, 9.17) is 0 Å². The zero-order valence-electron chi connectivity index (χ0n) is 7.43. The van der Waals surface area contributed by atoms with Crippen molar-refractivity contribution < 1.29 is 14.4 Å². The van der Waals surface area contributed by atoms with E-state index in [0.717, 1.165) is 0 Å². The Labute approximate surface area is 75.2 Å². The van der Waals surface area contributed by atoms with Crippen molar-refractivity contribution in [3.63, 3.8) is 0 Å². The zero-order valence-corrected chi connectivity index (χ0v) is 7.43. The molecule has 1 aliphatic rings. The molecule has 1 rings (SSSR count). The second kappa shape index (κ2) is 3.38. The lowest BCUT2D eigenvalue weighted by Gasteiger charge is -2.03. The van der Waals surface area contributed by atoms with Crippen LogP contribution in [0.15, 0.2) is 11.3 Å². The Morgan fingerprint density at radius 2 is 2.00 bits per heavy atom. The van der Waals surface area contributed by atoms with E-state index < -0.39 is 5.91 Å². The van der Waals surface area contributed by atoms with Gasteiger partial charge in [-0.2, -0.15) is 0 Å². The fraction of sp³-hybridized carbons (Fsp3) is 0.375. The van der Waals surface area contributed by atoms with Crippen molar-refractivity contribution in [2.75, 3.05) is 0 Å². The first kappa shape index (κ1) is 9.44. The van der Waals surface area contributed by atoms with Crippen LogP contribution < -0.4 is 10.6 Å². The van der Waals surface area contributed by atoms with Crippen LogP contribution in [0.25, 0.3) is 0 Å². The molecule has 0 unspecified atom stereocenters.